The van der Waals surface area contributed by atoms with Gasteiger partial charge in [0.15, 0.2) is 5.82 Å². The number of hydrogen-bond donors (Lipinski definition) is 1. The first-order valence-corrected chi connectivity index (χ1v) is 5.89. The Hall–Kier alpha value is -2.16. The molecule has 0 aliphatic carbocycles. The Bertz CT molecular complexity index is 520. The Morgan fingerprint density at radius 3 is 2.83 bits per heavy atom. The van der Waals surface area contributed by atoms with Gasteiger partial charge in [-0.3, -0.25) is 4.79 Å². The Kier molecular flexibility index (Phi) is 3.42. The van der Waals surface area contributed by atoms with Gasteiger partial charge in [0.2, 0.25) is 5.91 Å². The molecule has 1 aromatic heterocycles. The van der Waals surface area contributed by atoms with Gasteiger partial charge >= 0.3 is 0 Å². The minimum atomic E-state index is 0.0350. The first-order chi connectivity index (χ1) is 8.63. The van der Waals surface area contributed by atoms with Crippen molar-refractivity contribution in [1.29, 1.82) is 5.26 Å². The normalized spacial score (nSPS) is 15.8. The molecule has 18 heavy (non-hydrogen) atoms. The first kappa shape index (κ1) is 12.3. The summed E-state index contributed by atoms with van der Waals surface area (Å²) >= 11 is 0. The molecule has 0 saturated carbocycles. The summed E-state index contributed by atoms with van der Waals surface area (Å²) in [5.41, 5.74) is 2.17. The molecular weight excluding hydrogens is 230 g/mol. The summed E-state index contributed by atoms with van der Waals surface area (Å²) in [5.74, 6) is 0.616. The van der Waals surface area contributed by atoms with Crippen molar-refractivity contribution < 1.29 is 4.79 Å². The van der Waals surface area contributed by atoms with Gasteiger partial charge < -0.3 is 10.2 Å². The molecule has 0 atom stereocenters. The predicted molar refractivity (Wildman–Crippen MR) is 66.1 cm³/mol. The van der Waals surface area contributed by atoms with Crippen molar-refractivity contribution in [2.45, 2.75) is 20.3 Å². The van der Waals surface area contributed by atoms with Crippen LogP contribution in [0.3, 0.4) is 0 Å². The van der Waals surface area contributed by atoms with E-state index in [9.17, 15) is 10.1 Å². The zero-order valence-corrected chi connectivity index (χ0v) is 10.5. The number of carbonyl (C=O) groups excluding carboxylic acids is 1. The van der Waals surface area contributed by atoms with Crippen molar-refractivity contribution in [1.82, 2.24) is 15.5 Å². The van der Waals surface area contributed by atoms with E-state index in [-0.39, 0.29) is 5.91 Å². The van der Waals surface area contributed by atoms with Crippen molar-refractivity contribution in [2.75, 3.05) is 24.5 Å². The van der Waals surface area contributed by atoms with E-state index in [1.54, 1.807) is 0 Å². The number of nitrogens with zero attached hydrogens (tertiary/aromatic N) is 4. The highest BCUT2D eigenvalue weighted by Gasteiger charge is 2.20. The van der Waals surface area contributed by atoms with E-state index in [0.29, 0.717) is 37.4 Å². The molecule has 1 fully saturated rings. The lowest BCUT2D eigenvalue weighted by molar-refractivity contribution is -0.120. The first-order valence-electron chi connectivity index (χ1n) is 5.89. The Balaban J connectivity index is 2.36. The van der Waals surface area contributed by atoms with Gasteiger partial charge in [0.25, 0.3) is 0 Å². The number of hydrogen-bond acceptors (Lipinski definition) is 5. The predicted octanol–water partition coefficient (Wildman–Crippen LogP) is 0.291. The van der Waals surface area contributed by atoms with Crippen LogP contribution < -0.4 is 10.2 Å². The van der Waals surface area contributed by atoms with Crippen LogP contribution in [0.15, 0.2) is 0 Å². The van der Waals surface area contributed by atoms with Crippen LogP contribution in [0.5, 0.6) is 0 Å². The van der Waals surface area contributed by atoms with E-state index in [0.717, 1.165) is 11.3 Å². The van der Waals surface area contributed by atoms with Crippen molar-refractivity contribution in [3.8, 4) is 6.07 Å². The minimum absolute atomic E-state index is 0.0350. The molecule has 6 heteroatoms. The van der Waals surface area contributed by atoms with Gasteiger partial charge in [-0.15, -0.1) is 5.10 Å². The van der Waals surface area contributed by atoms with E-state index in [2.05, 4.69) is 21.6 Å². The summed E-state index contributed by atoms with van der Waals surface area (Å²) in [6.07, 6.45) is 0.416. The second-order valence-corrected chi connectivity index (χ2v) is 4.31. The van der Waals surface area contributed by atoms with Crippen LogP contribution in [-0.4, -0.2) is 35.7 Å². The van der Waals surface area contributed by atoms with Gasteiger partial charge in [-0.2, -0.15) is 10.4 Å². The molecule has 2 rings (SSSR count). The van der Waals surface area contributed by atoms with E-state index >= 15 is 0 Å². The monoisotopic (exact) mass is 245 g/mol. The molecule has 6 nitrogen and oxygen atoms in total. The average Bonchev–Trinajstić information content (AvgIpc) is 2.57. The lowest BCUT2D eigenvalue weighted by Gasteiger charge is -2.21. The molecule has 0 spiro atoms. The van der Waals surface area contributed by atoms with Gasteiger partial charge in [-0.05, 0) is 19.4 Å². The molecule has 1 aromatic rings. The highest BCUT2D eigenvalue weighted by Crippen LogP contribution is 2.21. The fourth-order valence-corrected chi connectivity index (χ4v) is 1.93. The van der Waals surface area contributed by atoms with Crippen molar-refractivity contribution in [3.05, 3.63) is 16.8 Å². The van der Waals surface area contributed by atoms with E-state index in [1.807, 2.05) is 18.7 Å². The number of aromatic nitrogens is 2. The second kappa shape index (κ2) is 5.00. The smallest absolute Gasteiger partial charge is 0.221 e. The molecule has 1 N–H and O–H groups in total. The highest BCUT2D eigenvalue weighted by molar-refractivity contribution is 5.77. The van der Waals surface area contributed by atoms with Crippen LogP contribution in [0.4, 0.5) is 5.82 Å². The molecule has 0 unspecified atom stereocenters. The number of nitriles is 1. The lowest BCUT2D eigenvalue weighted by Crippen LogP contribution is -2.30. The summed E-state index contributed by atoms with van der Waals surface area (Å²) < 4.78 is 0. The lowest BCUT2D eigenvalue weighted by atomic mass is 10.1. The Morgan fingerprint density at radius 2 is 2.11 bits per heavy atom. The molecular formula is C12H15N5O. The summed E-state index contributed by atoms with van der Waals surface area (Å²) in [4.78, 5) is 13.2. The third kappa shape index (κ3) is 2.25. The maximum Gasteiger partial charge on any atom is 0.221 e. The minimum Gasteiger partial charge on any atom is -0.354 e. The fourth-order valence-electron chi connectivity index (χ4n) is 1.93. The van der Waals surface area contributed by atoms with Crippen molar-refractivity contribution >= 4 is 11.7 Å². The van der Waals surface area contributed by atoms with Crippen molar-refractivity contribution in [3.63, 3.8) is 0 Å². The number of rotatable bonds is 1. The summed E-state index contributed by atoms with van der Waals surface area (Å²) in [5, 5.41) is 20.2. The quantitative estimate of drug-likeness (QED) is 0.769. The molecule has 1 amide bonds. The van der Waals surface area contributed by atoms with E-state index < -0.39 is 0 Å². The number of nitrogens with one attached hydrogen (secondary N) is 1. The molecule has 1 aliphatic heterocycles. The standard InChI is InChI=1S/C12H15N5O/c1-8-9(2)15-16-12(10(8)7-13)17-5-3-11(18)14-4-6-17/h3-6H2,1-2H3,(H,14,18). The zero-order valence-electron chi connectivity index (χ0n) is 10.5. The Morgan fingerprint density at radius 1 is 1.33 bits per heavy atom. The van der Waals surface area contributed by atoms with Gasteiger partial charge in [-0.1, -0.05) is 0 Å². The summed E-state index contributed by atoms with van der Waals surface area (Å²) in [6.45, 7) is 5.49. The van der Waals surface area contributed by atoms with E-state index in [4.69, 9.17) is 0 Å². The topological polar surface area (TPSA) is 81.9 Å². The average molecular weight is 245 g/mol. The van der Waals surface area contributed by atoms with Crippen LogP contribution in [0.1, 0.15) is 23.2 Å². The third-order valence-electron chi connectivity index (χ3n) is 3.16. The molecule has 0 aromatic carbocycles. The van der Waals surface area contributed by atoms with Gasteiger partial charge in [0.05, 0.1) is 5.69 Å². The van der Waals surface area contributed by atoms with E-state index in [1.165, 1.54) is 0 Å². The van der Waals surface area contributed by atoms with Crippen LogP contribution in [-0.2, 0) is 4.79 Å². The number of amides is 1. The van der Waals surface area contributed by atoms with Crippen LogP contribution in [0, 0.1) is 25.2 Å². The SMILES string of the molecule is Cc1nnc(N2CCNC(=O)CC2)c(C#N)c1C. The molecule has 2 heterocycles. The van der Waals surface area contributed by atoms with Crippen LogP contribution in [0.2, 0.25) is 0 Å². The number of carbonyl (C=O) groups is 1. The van der Waals surface area contributed by atoms with Crippen LogP contribution in [0.25, 0.3) is 0 Å². The molecule has 0 radical (unpaired) electrons. The molecule has 0 bridgehead atoms. The third-order valence-corrected chi connectivity index (χ3v) is 3.16. The maximum atomic E-state index is 11.3. The molecule has 1 saturated heterocycles. The summed E-state index contributed by atoms with van der Waals surface area (Å²) in [7, 11) is 0. The number of anilines is 1. The van der Waals surface area contributed by atoms with Crippen LogP contribution >= 0.6 is 0 Å². The zero-order chi connectivity index (χ0) is 13.1. The number of aryl methyl sites for hydroxylation is 1. The van der Waals surface area contributed by atoms with Crippen molar-refractivity contribution in [2.24, 2.45) is 0 Å². The largest absolute Gasteiger partial charge is 0.354 e. The summed E-state index contributed by atoms with van der Waals surface area (Å²) in [6, 6.07) is 2.18. The molecule has 1 aliphatic rings. The Labute approximate surface area is 106 Å². The fraction of sp³-hybridized carbons (Fsp3) is 0.500. The molecule has 94 valence electrons. The van der Waals surface area contributed by atoms with Gasteiger partial charge in [0.1, 0.15) is 11.6 Å². The van der Waals surface area contributed by atoms with Gasteiger partial charge in [0, 0.05) is 26.1 Å². The van der Waals surface area contributed by atoms with Gasteiger partial charge in [-0.25, -0.2) is 0 Å². The highest BCUT2D eigenvalue weighted by atomic mass is 16.1. The second-order valence-electron chi connectivity index (χ2n) is 4.31. The maximum absolute atomic E-state index is 11.3.